The number of rotatable bonds is 6. The molecule has 0 saturated carbocycles. The third kappa shape index (κ3) is 5.03. The monoisotopic (exact) mass is 177 g/mol. The molecule has 0 radical (unpaired) electrons. The van der Waals surface area contributed by atoms with Crippen molar-refractivity contribution in [2.75, 3.05) is 20.8 Å². The van der Waals surface area contributed by atoms with Crippen LogP contribution in [0.1, 0.15) is 13.3 Å². The quantitative estimate of drug-likeness (QED) is 0.343. The van der Waals surface area contributed by atoms with Crippen LogP contribution in [0.5, 0.6) is 0 Å². The molecule has 0 aliphatic carbocycles. The molecule has 0 fully saturated rings. The molecule has 0 unspecified atom stereocenters. The molecule has 0 heterocycles. The van der Waals surface area contributed by atoms with E-state index in [4.69, 9.17) is 9.47 Å². The van der Waals surface area contributed by atoms with Crippen LogP contribution in [-0.4, -0.2) is 32.0 Å². The van der Waals surface area contributed by atoms with Gasteiger partial charge in [0.05, 0.1) is 0 Å². The second-order valence-electron chi connectivity index (χ2n) is 2.76. The van der Waals surface area contributed by atoms with Crippen LogP contribution in [0, 0.1) is 16.0 Å². The molecule has 0 saturated heterocycles. The molecule has 1 atom stereocenters. The summed E-state index contributed by atoms with van der Waals surface area (Å²) >= 11 is 0. The van der Waals surface area contributed by atoms with Crippen LogP contribution in [0.25, 0.3) is 0 Å². The molecule has 0 aromatic carbocycles. The predicted octanol–water partition coefficient (Wildman–Crippen LogP) is 0.908. The van der Waals surface area contributed by atoms with E-state index in [1.54, 1.807) is 6.92 Å². The van der Waals surface area contributed by atoms with Crippen molar-refractivity contribution < 1.29 is 14.4 Å². The van der Waals surface area contributed by atoms with Crippen molar-refractivity contribution in [1.82, 2.24) is 0 Å². The van der Waals surface area contributed by atoms with Gasteiger partial charge in [0.25, 0.3) is 0 Å². The van der Waals surface area contributed by atoms with Crippen LogP contribution in [0.3, 0.4) is 0 Å². The summed E-state index contributed by atoms with van der Waals surface area (Å²) in [6, 6.07) is 0. The lowest BCUT2D eigenvalue weighted by Crippen LogP contribution is -2.21. The normalized spacial score (nSPS) is 13.3. The van der Waals surface area contributed by atoms with E-state index in [-0.39, 0.29) is 23.7 Å². The van der Waals surface area contributed by atoms with E-state index in [9.17, 15) is 10.1 Å². The Kier molecular flexibility index (Phi) is 5.57. The summed E-state index contributed by atoms with van der Waals surface area (Å²) in [5.74, 6) is -0.0232. The molecule has 0 rings (SSSR count). The van der Waals surface area contributed by atoms with Gasteiger partial charge in [-0.3, -0.25) is 10.1 Å². The molecule has 0 aromatic rings. The molecule has 0 spiro atoms. The van der Waals surface area contributed by atoms with E-state index < -0.39 is 0 Å². The van der Waals surface area contributed by atoms with Gasteiger partial charge in [0.1, 0.15) is 0 Å². The van der Waals surface area contributed by atoms with Crippen molar-refractivity contribution in [3.8, 4) is 0 Å². The Morgan fingerprint density at radius 3 is 2.25 bits per heavy atom. The van der Waals surface area contributed by atoms with E-state index in [1.807, 2.05) is 0 Å². The summed E-state index contributed by atoms with van der Waals surface area (Å²) in [7, 11) is 3.04. The fourth-order valence-corrected chi connectivity index (χ4v) is 0.946. The molecule has 5 heteroatoms. The van der Waals surface area contributed by atoms with E-state index in [2.05, 4.69) is 0 Å². The van der Waals surface area contributed by atoms with Crippen LogP contribution in [-0.2, 0) is 9.47 Å². The van der Waals surface area contributed by atoms with Crippen LogP contribution < -0.4 is 0 Å². The molecule has 0 amide bonds. The fourth-order valence-electron chi connectivity index (χ4n) is 0.946. The van der Waals surface area contributed by atoms with Crippen molar-refractivity contribution in [3.05, 3.63) is 10.1 Å². The van der Waals surface area contributed by atoms with Crippen LogP contribution >= 0.6 is 0 Å². The largest absolute Gasteiger partial charge is 0.356 e. The zero-order chi connectivity index (χ0) is 9.56. The molecular weight excluding hydrogens is 162 g/mol. The summed E-state index contributed by atoms with van der Waals surface area (Å²) in [5, 5.41) is 10.1. The van der Waals surface area contributed by atoms with Crippen molar-refractivity contribution in [1.29, 1.82) is 0 Å². The maximum absolute atomic E-state index is 10.1. The highest BCUT2D eigenvalue weighted by atomic mass is 16.7. The number of ether oxygens (including phenoxy) is 2. The van der Waals surface area contributed by atoms with Crippen LogP contribution in [0.4, 0.5) is 0 Å². The molecule has 0 bridgehead atoms. The maximum Gasteiger partial charge on any atom is 0.206 e. The standard InChI is InChI=1S/C7H15NO4/c1-6(5-8(9)10)4-7(11-2)12-3/h6-7H,4-5H2,1-3H3/t6-/m1/s1. The highest BCUT2D eigenvalue weighted by Crippen LogP contribution is 2.08. The molecule has 72 valence electrons. The molecular formula is C7H15NO4. The lowest BCUT2D eigenvalue weighted by Gasteiger charge is -2.15. The Hall–Kier alpha value is -0.680. The first-order valence-corrected chi connectivity index (χ1v) is 3.77. The summed E-state index contributed by atoms with van der Waals surface area (Å²) in [6.07, 6.45) is 0.216. The summed E-state index contributed by atoms with van der Waals surface area (Å²) in [6.45, 7) is 1.76. The summed E-state index contributed by atoms with van der Waals surface area (Å²) in [5.41, 5.74) is 0. The third-order valence-corrected chi connectivity index (χ3v) is 1.58. The van der Waals surface area contributed by atoms with Crippen molar-refractivity contribution in [2.24, 2.45) is 5.92 Å². The second-order valence-corrected chi connectivity index (χ2v) is 2.76. The van der Waals surface area contributed by atoms with Crippen molar-refractivity contribution in [2.45, 2.75) is 19.6 Å². The molecule has 5 nitrogen and oxygen atoms in total. The first-order valence-electron chi connectivity index (χ1n) is 3.77. The van der Waals surface area contributed by atoms with Gasteiger partial charge in [-0.15, -0.1) is 0 Å². The van der Waals surface area contributed by atoms with Gasteiger partial charge in [0, 0.05) is 31.5 Å². The van der Waals surface area contributed by atoms with Crippen molar-refractivity contribution in [3.63, 3.8) is 0 Å². The summed E-state index contributed by atoms with van der Waals surface area (Å²) in [4.78, 5) is 9.77. The molecule has 0 aromatic heterocycles. The van der Waals surface area contributed by atoms with E-state index in [0.717, 1.165) is 0 Å². The SMILES string of the molecule is COC(C[C@@H](C)C[N+](=O)[O-])OC. The minimum Gasteiger partial charge on any atom is -0.356 e. The number of methoxy groups -OCH3 is 2. The van der Waals surface area contributed by atoms with Gasteiger partial charge in [0.15, 0.2) is 6.29 Å². The van der Waals surface area contributed by atoms with Crippen molar-refractivity contribution >= 4 is 0 Å². The smallest absolute Gasteiger partial charge is 0.206 e. The predicted molar refractivity (Wildman–Crippen MR) is 43.4 cm³/mol. The Labute approximate surface area is 71.8 Å². The minimum atomic E-state index is -0.333. The lowest BCUT2D eigenvalue weighted by atomic mass is 10.1. The van der Waals surface area contributed by atoms with Gasteiger partial charge >= 0.3 is 0 Å². The van der Waals surface area contributed by atoms with Gasteiger partial charge in [-0.1, -0.05) is 6.92 Å². The Balaban J connectivity index is 3.65. The van der Waals surface area contributed by atoms with E-state index in [0.29, 0.717) is 6.42 Å². The van der Waals surface area contributed by atoms with Crippen LogP contribution in [0.15, 0.2) is 0 Å². The first-order chi connectivity index (χ1) is 5.60. The number of nitrogens with zero attached hydrogens (tertiary/aromatic N) is 1. The van der Waals surface area contributed by atoms with Gasteiger partial charge in [0.2, 0.25) is 6.54 Å². The topological polar surface area (TPSA) is 61.6 Å². The minimum absolute atomic E-state index is 0.0232. The van der Waals surface area contributed by atoms with Gasteiger partial charge in [-0.05, 0) is 0 Å². The Morgan fingerprint density at radius 2 is 1.92 bits per heavy atom. The van der Waals surface area contributed by atoms with Crippen LogP contribution in [0.2, 0.25) is 0 Å². The summed E-state index contributed by atoms with van der Waals surface area (Å²) < 4.78 is 9.81. The van der Waals surface area contributed by atoms with Gasteiger partial charge in [-0.25, -0.2) is 0 Å². The zero-order valence-electron chi connectivity index (χ0n) is 7.65. The lowest BCUT2D eigenvalue weighted by molar-refractivity contribution is -0.488. The zero-order valence-corrected chi connectivity index (χ0v) is 7.65. The third-order valence-electron chi connectivity index (χ3n) is 1.58. The van der Waals surface area contributed by atoms with Gasteiger partial charge < -0.3 is 9.47 Å². The molecule has 0 aliphatic heterocycles. The Bertz CT molecular complexity index is 135. The fraction of sp³-hybridized carbons (Fsp3) is 1.00. The Morgan fingerprint density at radius 1 is 1.42 bits per heavy atom. The molecule has 0 aliphatic rings. The second kappa shape index (κ2) is 5.91. The number of hydrogen-bond acceptors (Lipinski definition) is 4. The molecule has 0 N–H and O–H groups in total. The maximum atomic E-state index is 10.1. The highest BCUT2D eigenvalue weighted by molar-refractivity contribution is 4.53. The highest BCUT2D eigenvalue weighted by Gasteiger charge is 2.15. The molecule has 12 heavy (non-hydrogen) atoms. The average molecular weight is 177 g/mol. The van der Waals surface area contributed by atoms with E-state index in [1.165, 1.54) is 14.2 Å². The average Bonchev–Trinajstić information content (AvgIpc) is 1.98. The number of nitro groups is 1. The number of hydrogen-bond donors (Lipinski definition) is 0. The van der Waals surface area contributed by atoms with Gasteiger partial charge in [-0.2, -0.15) is 0 Å². The van der Waals surface area contributed by atoms with E-state index >= 15 is 0 Å². The first kappa shape index (κ1) is 11.3.